The second-order valence-corrected chi connectivity index (χ2v) is 5.90. The molecule has 2 nitrogen and oxygen atoms in total. The van der Waals surface area contributed by atoms with E-state index in [4.69, 9.17) is 4.74 Å². The zero-order valence-corrected chi connectivity index (χ0v) is 13.7. The Morgan fingerprint density at radius 1 is 1.14 bits per heavy atom. The van der Waals surface area contributed by atoms with Crippen molar-refractivity contribution in [2.75, 3.05) is 18.2 Å². The molecule has 0 fully saturated rings. The van der Waals surface area contributed by atoms with Crippen LogP contribution in [0.25, 0.3) is 0 Å². The minimum absolute atomic E-state index is 0.266. The first-order chi connectivity index (χ1) is 10.2. The molecule has 21 heavy (non-hydrogen) atoms. The minimum Gasteiger partial charge on any atom is -0.494 e. The summed E-state index contributed by atoms with van der Waals surface area (Å²) in [5.41, 5.74) is 2.37. The lowest BCUT2D eigenvalue weighted by Gasteiger charge is -2.17. The van der Waals surface area contributed by atoms with E-state index in [0.717, 1.165) is 24.5 Å². The van der Waals surface area contributed by atoms with Gasteiger partial charge in [0.25, 0.3) is 0 Å². The van der Waals surface area contributed by atoms with Crippen molar-refractivity contribution in [2.24, 2.45) is 0 Å². The third-order valence-corrected chi connectivity index (χ3v) is 4.05. The van der Waals surface area contributed by atoms with Crippen LogP contribution in [0, 0.1) is 0 Å². The molecule has 0 amide bonds. The highest BCUT2D eigenvalue weighted by atomic mass is 32.2. The lowest BCUT2D eigenvalue weighted by Crippen LogP contribution is -2.06. The van der Waals surface area contributed by atoms with Gasteiger partial charge in [-0.2, -0.15) is 0 Å². The summed E-state index contributed by atoms with van der Waals surface area (Å²) in [5, 5.41) is 3.53. The van der Waals surface area contributed by atoms with Crippen molar-refractivity contribution in [1.82, 2.24) is 0 Å². The molecule has 1 unspecified atom stereocenters. The van der Waals surface area contributed by atoms with E-state index in [2.05, 4.69) is 61.8 Å². The first-order valence-corrected chi connectivity index (χ1v) is 8.58. The van der Waals surface area contributed by atoms with Gasteiger partial charge in [0, 0.05) is 22.7 Å². The fourth-order valence-corrected chi connectivity index (χ4v) is 2.53. The third-order valence-electron chi connectivity index (χ3n) is 3.31. The average molecular weight is 301 g/mol. The predicted molar refractivity (Wildman–Crippen MR) is 92.5 cm³/mol. The Morgan fingerprint density at radius 2 is 1.90 bits per heavy atom. The fourth-order valence-electron chi connectivity index (χ4n) is 2.12. The third kappa shape index (κ3) is 4.71. The topological polar surface area (TPSA) is 21.3 Å². The van der Waals surface area contributed by atoms with Crippen molar-refractivity contribution in [1.29, 1.82) is 0 Å². The summed E-state index contributed by atoms with van der Waals surface area (Å²) in [4.78, 5) is 1.29. The molecule has 0 aliphatic heterocycles. The molecule has 3 heteroatoms. The molecular weight excluding hydrogens is 278 g/mol. The molecule has 2 rings (SSSR count). The number of hydrogen-bond acceptors (Lipinski definition) is 3. The van der Waals surface area contributed by atoms with Gasteiger partial charge in [-0.3, -0.25) is 0 Å². The van der Waals surface area contributed by atoms with Crippen LogP contribution in [0.1, 0.15) is 31.9 Å². The average Bonchev–Trinajstić information content (AvgIpc) is 2.53. The van der Waals surface area contributed by atoms with Gasteiger partial charge >= 0.3 is 0 Å². The van der Waals surface area contributed by atoms with Crippen molar-refractivity contribution in [3.63, 3.8) is 0 Å². The van der Waals surface area contributed by atoms with Crippen molar-refractivity contribution in [2.45, 2.75) is 31.2 Å². The normalized spacial score (nSPS) is 12.0. The monoisotopic (exact) mass is 301 g/mol. The zero-order chi connectivity index (χ0) is 15.1. The van der Waals surface area contributed by atoms with Gasteiger partial charge in [0.2, 0.25) is 0 Å². The SMILES string of the molecule is CCCOc1cccc(NC(C)c2ccc(SC)cc2)c1. The maximum Gasteiger partial charge on any atom is 0.121 e. The highest BCUT2D eigenvalue weighted by molar-refractivity contribution is 7.98. The van der Waals surface area contributed by atoms with E-state index in [0.29, 0.717) is 0 Å². The van der Waals surface area contributed by atoms with Crippen molar-refractivity contribution < 1.29 is 4.74 Å². The van der Waals surface area contributed by atoms with E-state index in [1.165, 1.54) is 10.5 Å². The number of thioether (sulfide) groups is 1. The van der Waals surface area contributed by atoms with Gasteiger partial charge in [-0.1, -0.05) is 25.1 Å². The maximum atomic E-state index is 5.67. The second kappa shape index (κ2) is 7.99. The van der Waals surface area contributed by atoms with Gasteiger partial charge < -0.3 is 10.1 Å². The van der Waals surface area contributed by atoms with E-state index in [-0.39, 0.29) is 6.04 Å². The smallest absolute Gasteiger partial charge is 0.121 e. The molecule has 2 aromatic carbocycles. The summed E-state index contributed by atoms with van der Waals surface area (Å²) < 4.78 is 5.67. The van der Waals surface area contributed by atoms with Gasteiger partial charge in [0.15, 0.2) is 0 Å². The molecule has 2 aromatic rings. The summed E-state index contributed by atoms with van der Waals surface area (Å²) in [6.07, 6.45) is 3.12. The number of hydrogen-bond donors (Lipinski definition) is 1. The lowest BCUT2D eigenvalue weighted by molar-refractivity contribution is 0.317. The molecule has 1 N–H and O–H groups in total. The van der Waals surface area contributed by atoms with Crippen molar-refractivity contribution >= 4 is 17.4 Å². The molecule has 1 atom stereocenters. The van der Waals surface area contributed by atoms with Crippen molar-refractivity contribution in [3.05, 3.63) is 54.1 Å². The molecule has 0 saturated heterocycles. The van der Waals surface area contributed by atoms with E-state index in [1.54, 1.807) is 11.8 Å². The molecule has 112 valence electrons. The van der Waals surface area contributed by atoms with Crippen LogP contribution in [0.5, 0.6) is 5.75 Å². The fraction of sp³-hybridized carbons (Fsp3) is 0.333. The molecule has 0 radical (unpaired) electrons. The molecular formula is C18H23NOS. The van der Waals surface area contributed by atoms with Gasteiger partial charge in [-0.25, -0.2) is 0 Å². The van der Waals surface area contributed by atoms with Crippen LogP contribution in [0.2, 0.25) is 0 Å². The van der Waals surface area contributed by atoms with E-state index >= 15 is 0 Å². The molecule has 0 aliphatic rings. The van der Waals surface area contributed by atoms with Crippen LogP contribution in [-0.4, -0.2) is 12.9 Å². The van der Waals surface area contributed by atoms with Gasteiger partial charge in [0.1, 0.15) is 5.75 Å². The number of nitrogens with one attached hydrogen (secondary N) is 1. The van der Waals surface area contributed by atoms with E-state index in [9.17, 15) is 0 Å². The second-order valence-electron chi connectivity index (χ2n) is 5.02. The summed E-state index contributed by atoms with van der Waals surface area (Å²) in [6, 6.07) is 17.1. The molecule has 0 aromatic heterocycles. The highest BCUT2D eigenvalue weighted by Gasteiger charge is 2.06. The molecule has 0 saturated carbocycles. The Morgan fingerprint density at radius 3 is 2.57 bits per heavy atom. The molecule has 0 heterocycles. The Balaban J connectivity index is 2.02. The van der Waals surface area contributed by atoms with E-state index in [1.807, 2.05) is 12.1 Å². The molecule has 0 spiro atoms. The van der Waals surface area contributed by atoms with Gasteiger partial charge in [0.05, 0.1) is 6.61 Å². The first kappa shape index (κ1) is 15.8. The zero-order valence-electron chi connectivity index (χ0n) is 12.9. The maximum absolute atomic E-state index is 5.67. The largest absolute Gasteiger partial charge is 0.494 e. The quantitative estimate of drug-likeness (QED) is 0.695. The number of ether oxygens (including phenoxy) is 1. The minimum atomic E-state index is 0.266. The van der Waals surface area contributed by atoms with Crippen LogP contribution in [0.15, 0.2) is 53.4 Å². The Bertz CT molecular complexity index is 553. The predicted octanol–water partition coefficient (Wildman–Crippen LogP) is 5.37. The number of anilines is 1. The van der Waals surface area contributed by atoms with Crippen LogP contribution >= 0.6 is 11.8 Å². The highest BCUT2D eigenvalue weighted by Crippen LogP contribution is 2.24. The molecule has 0 aliphatic carbocycles. The van der Waals surface area contributed by atoms with Crippen molar-refractivity contribution in [3.8, 4) is 5.75 Å². The van der Waals surface area contributed by atoms with Crippen LogP contribution < -0.4 is 10.1 Å². The first-order valence-electron chi connectivity index (χ1n) is 7.36. The Hall–Kier alpha value is -1.61. The number of benzene rings is 2. The van der Waals surface area contributed by atoms with Crippen LogP contribution in [0.4, 0.5) is 5.69 Å². The Labute approximate surface area is 131 Å². The van der Waals surface area contributed by atoms with Crippen LogP contribution in [0.3, 0.4) is 0 Å². The lowest BCUT2D eigenvalue weighted by atomic mass is 10.1. The van der Waals surface area contributed by atoms with Gasteiger partial charge in [-0.05, 0) is 49.4 Å². The van der Waals surface area contributed by atoms with Crippen LogP contribution in [-0.2, 0) is 0 Å². The molecule has 0 bridgehead atoms. The summed E-state index contributed by atoms with van der Waals surface area (Å²) >= 11 is 1.77. The number of rotatable bonds is 7. The van der Waals surface area contributed by atoms with E-state index < -0.39 is 0 Å². The summed E-state index contributed by atoms with van der Waals surface area (Å²) in [5.74, 6) is 0.923. The van der Waals surface area contributed by atoms with Gasteiger partial charge in [-0.15, -0.1) is 11.8 Å². The summed E-state index contributed by atoms with van der Waals surface area (Å²) in [6.45, 7) is 5.05. The summed E-state index contributed by atoms with van der Waals surface area (Å²) in [7, 11) is 0. The standard InChI is InChI=1S/C18H23NOS/c1-4-12-20-17-7-5-6-16(13-17)19-14(2)15-8-10-18(21-3)11-9-15/h5-11,13-14,19H,4,12H2,1-3H3. The Kier molecular flexibility index (Phi) is 6.00.